The molecule has 0 nitrogen and oxygen atoms in total. The van der Waals surface area contributed by atoms with Crippen molar-refractivity contribution in [2.75, 3.05) is 0 Å². The molecule has 0 spiro atoms. The molecule has 102 valence electrons. The van der Waals surface area contributed by atoms with Crippen LogP contribution in [0.4, 0.5) is 0 Å². The normalized spacial score (nSPS) is 14.7. The van der Waals surface area contributed by atoms with Crippen molar-refractivity contribution in [2.45, 2.75) is 78.6 Å². The highest BCUT2D eigenvalue weighted by Crippen LogP contribution is 2.33. The first kappa shape index (κ1) is 15.3. The van der Waals surface area contributed by atoms with Gasteiger partial charge in [0.25, 0.3) is 0 Å². The fraction of sp³-hybridized carbons (Fsp3) is 0.667. The van der Waals surface area contributed by atoms with Gasteiger partial charge in [0.2, 0.25) is 0 Å². The molecule has 0 heteroatoms. The molecule has 0 N–H and O–H groups in total. The Kier molecular flexibility index (Phi) is 4.30. The smallest absolute Gasteiger partial charge is 0.0132 e. The average molecular weight is 246 g/mol. The van der Waals surface area contributed by atoms with Crippen molar-refractivity contribution in [3.63, 3.8) is 0 Å². The van der Waals surface area contributed by atoms with Crippen LogP contribution in [0.25, 0.3) is 0 Å². The first-order valence-corrected chi connectivity index (χ1v) is 7.21. The summed E-state index contributed by atoms with van der Waals surface area (Å²) in [7, 11) is 0. The zero-order valence-electron chi connectivity index (χ0n) is 13.5. The minimum atomic E-state index is 0.226. The largest absolute Gasteiger partial charge is 0.0648 e. The Bertz CT molecular complexity index is 367. The van der Waals surface area contributed by atoms with E-state index < -0.39 is 0 Å². The molecular formula is C18H30. The molecule has 0 aromatic heterocycles. The maximum absolute atomic E-state index is 2.41. The van der Waals surface area contributed by atoms with E-state index in [0.717, 1.165) is 0 Å². The van der Waals surface area contributed by atoms with E-state index in [0.29, 0.717) is 5.92 Å². The fourth-order valence-corrected chi connectivity index (χ4v) is 2.04. The summed E-state index contributed by atoms with van der Waals surface area (Å²) in [4.78, 5) is 0. The molecule has 0 bridgehead atoms. The van der Waals surface area contributed by atoms with Crippen molar-refractivity contribution in [1.29, 1.82) is 0 Å². The van der Waals surface area contributed by atoms with E-state index in [-0.39, 0.29) is 10.8 Å². The first-order chi connectivity index (χ1) is 8.05. The first-order valence-electron chi connectivity index (χ1n) is 7.21. The Hall–Kier alpha value is -0.780. The van der Waals surface area contributed by atoms with E-state index in [2.05, 4.69) is 73.6 Å². The highest BCUT2D eigenvalue weighted by Gasteiger charge is 2.21. The number of rotatable bonds is 2. The molecule has 0 fully saturated rings. The number of hydrogen-bond donors (Lipinski definition) is 0. The van der Waals surface area contributed by atoms with Crippen LogP contribution in [-0.4, -0.2) is 0 Å². The van der Waals surface area contributed by atoms with E-state index in [9.17, 15) is 0 Å². The lowest BCUT2D eigenvalue weighted by Crippen LogP contribution is -2.17. The van der Waals surface area contributed by atoms with Gasteiger partial charge in [0, 0.05) is 0 Å². The van der Waals surface area contributed by atoms with E-state index in [1.54, 1.807) is 0 Å². The fourth-order valence-electron chi connectivity index (χ4n) is 2.04. The molecule has 0 saturated heterocycles. The minimum absolute atomic E-state index is 0.226. The maximum Gasteiger partial charge on any atom is -0.0132 e. The van der Waals surface area contributed by atoms with Crippen molar-refractivity contribution >= 4 is 0 Å². The Balaban J connectivity index is 3.39. The van der Waals surface area contributed by atoms with Crippen LogP contribution < -0.4 is 0 Å². The summed E-state index contributed by atoms with van der Waals surface area (Å²) in [6.07, 6.45) is 1.21. The Morgan fingerprint density at radius 3 is 1.50 bits per heavy atom. The summed E-state index contributed by atoms with van der Waals surface area (Å²) in [5, 5.41) is 0. The lowest BCUT2D eigenvalue weighted by atomic mass is 9.78. The second kappa shape index (κ2) is 5.07. The molecule has 0 aliphatic rings. The zero-order valence-corrected chi connectivity index (χ0v) is 13.5. The molecule has 0 radical (unpaired) electrons. The monoisotopic (exact) mass is 246 g/mol. The van der Waals surface area contributed by atoms with Crippen LogP contribution in [0.2, 0.25) is 0 Å². The lowest BCUT2D eigenvalue weighted by Gasteiger charge is -2.27. The Morgan fingerprint density at radius 2 is 1.22 bits per heavy atom. The molecule has 0 aliphatic carbocycles. The summed E-state index contributed by atoms with van der Waals surface area (Å²) in [6.45, 7) is 18.4. The van der Waals surface area contributed by atoms with E-state index in [4.69, 9.17) is 0 Å². The second-order valence-electron chi connectivity index (χ2n) is 7.65. The average Bonchev–Trinajstić information content (AvgIpc) is 2.25. The molecule has 1 aromatic rings. The van der Waals surface area contributed by atoms with Gasteiger partial charge < -0.3 is 0 Å². The van der Waals surface area contributed by atoms with Crippen LogP contribution in [0.5, 0.6) is 0 Å². The van der Waals surface area contributed by atoms with Crippen molar-refractivity contribution in [3.8, 4) is 0 Å². The molecule has 0 heterocycles. The van der Waals surface area contributed by atoms with Gasteiger partial charge >= 0.3 is 0 Å². The van der Waals surface area contributed by atoms with Gasteiger partial charge in [0.05, 0.1) is 0 Å². The van der Waals surface area contributed by atoms with Crippen molar-refractivity contribution in [1.82, 2.24) is 0 Å². The Labute approximate surface area is 114 Å². The third-order valence-corrected chi connectivity index (χ3v) is 3.87. The second-order valence-corrected chi connectivity index (χ2v) is 7.65. The maximum atomic E-state index is 2.41. The van der Waals surface area contributed by atoms with Gasteiger partial charge in [-0.1, -0.05) is 73.6 Å². The minimum Gasteiger partial charge on any atom is -0.0648 e. The summed E-state index contributed by atoms with van der Waals surface area (Å²) in [6, 6.07) is 7.21. The van der Waals surface area contributed by atoms with E-state index >= 15 is 0 Å². The third kappa shape index (κ3) is 3.60. The van der Waals surface area contributed by atoms with Crippen LogP contribution in [0.1, 0.15) is 84.4 Å². The van der Waals surface area contributed by atoms with Crippen LogP contribution >= 0.6 is 0 Å². The SMILES string of the molecule is CCC(C)c1cc(C(C)(C)C)cc(C(C)(C)C)c1. The van der Waals surface area contributed by atoms with E-state index in [1.165, 1.54) is 23.1 Å². The quantitative estimate of drug-likeness (QED) is 0.619. The molecule has 18 heavy (non-hydrogen) atoms. The highest BCUT2D eigenvalue weighted by atomic mass is 14.3. The summed E-state index contributed by atoms with van der Waals surface area (Å²) in [5.74, 6) is 0.647. The molecule has 1 rings (SSSR count). The van der Waals surface area contributed by atoms with Crippen molar-refractivity contribution in [3.05, 3.63) is 34.9 Å². The molecule has 0 saturated carbocycles. The van der Waals surface area contributed by atoms with Gasteiger partial charge in [0.15, 0.2) is 0 Å². The van der Waals surface area contributed by atoms with Crippen molar-refractivity contribution in [2.24, 2.45) is 0 Å². The lowest BCUT2D eigenvalue weighted by molar-refractivity contribution is 0.564. The number of hydrogen-bond acceptors (Lipinski definition) is 0. The van der Waals surface area contributed by atoms with Gasteiger partial charge in [0.1, 0.15) is 0 Å². The van der Waals surface area contributed by atoms with Gasteiger partial charge in [-0.3, -0.25) is 0 Å². The van der Waals surface area contributed by atoms with Gasteiger partial charge in [-0.2, -0.15) is 0 Å². The van der Waals surface area contributed by atoms with Crippen LogP contribution in [0.3, 0.4) is 0 Å². The van der Waals surface area contributed by atoms with Gasteiger partial charge in [-0.05, 0) is 39.9 Å². The molecule has 0 amide bonds. The van der Waals surface area contributed by atoms with Crippen LogP contribution in [0.15, 0.2) is 18.2 Å². The number of benzene rings is 1. The highest BCUT2D eigenvalue weighted by molar-refractivity contribution is 5.38. The molecular weight excluding hydrogens is 216 g/mol. The van der Waals surface area contributed by atoms with Gasteiger partial charge in [-0.25, -0.2) is 0 Å². The third-order valence-electron chi connectivity index (χ3n) is 3.87. The topological polar surface area (TPSA) is 0 Å². The molecule has 1 aromatic carbocycles. The predicted molar refractivity (Wildman–Crippen MR) is 82.5 cm³/mol. The molecule has 0 aliphatic heterocycles. The van der Waals surface area contributed by atoms with Gasteiger partial charge in [-0.15, -0.1) is 0 Å². The molecule has 1 atom stereocenters. The summed E-state index contributed by atoms with van der Waals surface area (Å²) < 4.78 is 0. The standard InChI is InChI=1S/C18H30/c1-9-13(2)14-10-15(17(3,4)5)12-16(11-14)18(6,7)8/h10-13H,9H2,1-8H3. The van der Waals surface area contributed by atoms with Crippen LogP contribution in [-0.2, 0) is 10.8 Å². The summed E-state index contributed by atoms with van der Waals surface area (Å²) in [5.41, 5.74) is 4.87. The van der Waals surface area contributed by atoms with Crippen LogP contribution in [0, 0.1) is 0 Å². The summed E-state index contributed by atoms with van der Waals surface area (Å²) >= 11 is 0. The zero-order chi connectivity index (χ0) is 14.1. The van der Waals surface area contributed by atoms with E-state index in [1.807, 2.05) is 0 Å². The molecule has 1 unspecified atom stereocenters. The predicted octanol–water partition coefficient (Wildman–Crippen LogP) is 5.80. The van der Waals surface area contributed by atoms with Crippen molar-refractivity contribution < 1.29 is 0 Å². The Morgan fingerprint density at radius 1 is 0.833 bits per heavy atom.